The third kappa shape index (κ3) is 3.54. The molecule has 0 atom stereocenters. The summed E-state index contributed by atoms with van der Waals surface area (Å²) in [6.07, 6.45) is 1.95. The van der Waals surface area contributed by atoms with Crippen LogP contribution in [0.5, 0.6) is 11.5 Å². The van der Waals surface area contributed by atoms with Gasteiger partial charge in [0.25, 0.3) is 0 Å². The van der Waals surface area contributed by atoms with E-state index in [0.29, 0.717) is 25.3 Å². The van der Waals surface area contributed by atoms with Crippen molar-refractivity contribution in [2.75, 3.05) is 23.8 Å². The molecule has 2 amide bonds. The van der Waals surface area contributed by atoms with Crippen LogP contribution in [0.15, 0.2) is 36.4 Å². The zero-order chi connectivity index (χ0) is 19.7. The van der Waals surface area contributed by atoms with Gasteiger partial charge in [-0.2, -0.15) is 0 Å². The van der Waals surface area contributed by atoms with Crippen molar-refractivity contribution in [3.8, 4) is 11.5 Å². The van der Waals surface area contributed by atoms with Gasteiger partial charge in [0.1, 0.15) is 13.2 Å². The van der Waals surface area contributed by atoms with Gasteiger partial charge in [-0.05, 0) is 68.1 Å². The fourth-order valence-corrected chi connectivity index (χ4v) is 3.57. The number of ether oxygens (including phenoxy) is 2. The first-order valence-electron chi connectivity index (χ1n) is 9.58. The molecule has 2 aliphatic heterocycles. The molecule has 4 rings (SSSR count). The summed E-state index contributed by atoms with van der Waals surface area (Å²) < 4.78 is 11.1. The van der Waals surface area contributed by atoms with E-state index in [1.54, 1.807) is 0 Å². The Labute approximate surface area is 164 Å². The first kappa shape index (κ1) is 18.3. The summed E-state index contributed by atoms with van der Waals surface area (Å²) in [6.45, 7) is 4.91. The molecule has 2 heterocycles. The highest BCUT2D eigenvalue weighted by molar-refractivity contribution is 6.06. The molecule has 2 N–H and O–H groups in total. The summed E-state index contributed by atoms with van der Waals surface area (Å²) >= 11 is 0. The lowest BCUT2D eigenvalue weighted by Gasteiger charge is -2.18. The number of amides is 2. The number of anilines is 2. The average molecular weight is 380 g/mol. The zero-order valence-electron chi connectivity index (χ0n) is 16.1. The average Bonchev–Trinajstić information content (AvgIpc) is 2.90. The molecule has 2 aromatic rings. The van der Waals surface area contributed by atoms with Crippen LogP contribution in [0.2, 0.25) is 0 Å². The van der Waals surface area contributed by atoms with Gasteiger partial charge in [0.15, 0.2) is 11.5 Å². The predicted molar refractivity (Wildman–Crippen MR) is 107 cm³/mol. The topological polar surface area (TPSA) is 76.7 Å². The Morgan fingerprint density at radius 1 is 1.11 bits per heavy atom. The Morgan fingerprint density at radius 2 is 1.89 bits per heavy atom. The van der Waals surface area contributed by atoms with E-state index in [9.17, 15) is 9.59 Å². The van der Waals surface area contributed by atoms with E-state index in [1.165, 1.54) is 0 Å². The van der Waals surface area contributed by atoms with Crippen LogP contribution >= 0.6 is 0 Å². The molecular formula is C22H24N2O4. The van der Waals surface area contributed by atoms with Crippen molar-refractivity contribution in [2.45, 2.75) is 38.5 Å². The first-order chi connectivity index (χ1) is 13.4. The summed E-state index contributed by atoms with van der Waals surface area (Å²) in [5.41, 5.74) is 2.97. The van der Waals surface area contributed by atoms with Crippen molar-refractivity contribution < 1.29 is 19.1 Å². The predicted octanol–water partition coefficient (Wildman–Crippen LogP) is 3.65. The van der Waals surface area contributed by atoms with E-state index in [2.05, 4.69) is 10.6 Å². The molecule has 0 aromatic heterocycles. The maximum Gasteiger partial charge on any atom is 0.234 e. The van der Waals surface area contributed by atoms with E-state index >= 15 is 0 Å². The van der Waals surface area contributed by atoms with Crippen molar-refractivity contribution in [3.05, 3.63) is 47.5 Å². The fourth-order valence-electron chi connectivity index (χ4n) is 3.57. The second-order valence-electron chi connectivity index (χ2n) is 7.72. The van der Waals surface area contributed by atoms with E-state index in [0.717, 1.165) is 41.2 Å². The lowest BCUT2D eigenvalue weighted by Crippen LogP contribution is -2.26. The van der Waals surface area contributed by atoms with Crippen LogP contribution in [0, 0.1) is 0 Å². The number of benzene rings is 2. The maximum absolute atomic E-state index is 12.3. The molecule has 146 valence electrons. The molecule has 2 aliphatic rings. The molecule has 6 heteroatoms. The number of aryl methyl sites for hydroxylation is 1. The highest BCUT2D eigenvalue weighted by Crippen LogP contribution is 2.38. The minimum Gasteiger partial charge on any atom is -0.486 e. The van der Waals surface area contributed by atoms with Gasteiger partial charge in [0.05, 0.1) is 5.41 Å². The van der Waals surface area contributed by atoms with Crippen LogP contribution in [-0.2, 0) is 21.4 Å². The molecule has 0 saturated heterocycles. The van der Waals surface area contributed by atoms with Crippen molar-refractivity contribution in [2.24, 2.45) is 0 Å². The quantitative estimate of drug-likeness (QED) is 0.830. The van der Waals surface area contributed by atoms with Crippen molar-refractivity contribution in [1.29, 1.82) is 0 Å². The molecule has 0 fully saturated rings. The summed E-state index contributed by atoms with van der Waals surface area (Å²) in [5, 5.41) is 5.81. The first-order valence-corrected chi connectivity index (χ1v) is 9.58. The van der Waals surface area contributed by atoms with Crippen LogP contribution in [-0.4, -0.2) is 25.0 Å². The third-order valence-corrected chi connectivity index (χ3v) is 5.27. The third-order valence-electron chi connectivity index (χ3n) is 5.27. The molecule has 0 radical (unpaired) electrons. The summed E-state index contributed by atoms with van der Waals surface area (Å²) in [5.74, 6) is 1.50. The van der Waals surface area contributed by atoms with Gasteiger partial charge >= 0.3 is 0 Å². The standard InChI is InChI=1S/C22H24N2O4/c1-22(2)16-13-15(7-8-17(16)24-21(22)26)23-20(25)5-3-4-14-6-9-18-19(12-14)28-11-10-27-18/h6-9,12-13H,3-5,10-11H2,1-2H3,(H,23,25)(H,24,26). The minimum atomic E-state index is -0.589. The van der Waals surface area contributed by atoms with Gasteiger partial charge in [-0.3, -0.25) is 9.59 Å². The largest absolute Gasteiger partial charge is 0.486 e. The number of rotatable bonds is 5. The van der Waals surface area contributed by atoms with Crippen LogP contribution < -0.4 is 20.1 Å². The molecule has 0 saturated carbocycles. The Bertz CT molecular complexity index is 936. The number of fused-ring (bicyclic) bond motifs is 2. The van der Waals surface area contributed by atoms with Gasteiger partial charge in [-0.15, -0.1) is 0 Å². The van der Waals surface area contributed by atoms with E-state index in [-0.39, 0.29) is 11.8 Å². The lowest BCUT2D eigenvalue weighted by atomic mass is 9.86. The Balaban J connectivity index is 1.32. The smallest absolute Gasteiger partial charge is 0.234 e. The van der Waals surface area contributed by atoms with Gasteiger partial charge in [0.2, 0.25) is 11.8 Å². The summed E-state index contributed by atoms with van der Waals surface area (Å²) in [6, 6.07) is 11.5. The number of hydrogen-bond donors (Lipinski definition) is 2. The monoisotopic (exact) mass is 380 g/mol. The van der Waals surface area contributed by atoms with E-state index in [1.807, 2.05) is 50.2 Å². The fraction of sp³-hybridized carbons (Fsp3) is 0.364. The Kier molecular flexibility index (Phi) is 4.71. The maximum atomic E-state index is 12.3. The summed E-state index contributed by atoms with van der Waals surface area (Å²) in [4.78, 5) is 24.4. The molecule has 28 heavy (non-hydrogen) atoms. The van der Waals surface area contributed by atoms with E-state index in [4.69, 9.17) is 9.47 Å². The van der Waals surface area contributed by atoms with Gasteiger partial charge in [-0.25, -0.2) is 0 Å². The Hall–Kier alpha value is -3.02. The van der Waals surface area contributed by atoms with Crippen molar-refractivity contribution in [3.63, 3.8) is 0 Å². The minimum absolute atomic E-state index is 0.0228. The molecule has 0 unspecified atom stereocenters. The summed E-state index contributed by atoms with van der Waals surface area (Å²) in [7, 11) is 0. The van der Waals surface area contributed by atoms with Crippen molar-refractivity contribution >= 4 is 23.2 Å². The van der Waals surface area contributed by atoms with Crippen LogP contribution in [0.1, 0.15) is 37.8 Å². The molecule has 0 spiro atoms. The highest BCUT2D eigenvalue weighted by atomic mass is 16.6. The molecule has 6 nitrogen and oxygen atoms in total. The number of nitrogens with one attached hydrogen (secondary N) is 2. The number of carbonyl (C=O) groups is 2. The SMILES string of the molecule is CC1(C)C(=O)Nc2ccc(NC(=O)CCCc3ccc4c(c3)OCCO4)cc21. The molecule has 0 bridgehead atoms. The van der Waals surface area contributed by atoms with Crippen LogP contribution in [0.4, 0.5) is 11.4 Å². The second-order valence-corrected chi connectivity index (χ2v) is 7.72. The molecule has 2 aromatic carbocycles. The van der Waals surface area contributed by atoms with Gasteiger partial charge in [-0.1, -0.05) is 6.07 Å². The second kappa shape index (κ2) is 7.19. The van der Waals surface area contributed by atoms with E-state index < -0.39 is 5.41 Å². The highest BCUT2D eigenvalue weighted by Gasteiger charge is 2.38. The van der Waals surface area contributed by atoms with Gasteiger partial charge in [0, 0.05) is 17.8 Å². The lowest BCUT2D eigenvalue weighted by molar-refractivity contribution is -0.119. The van der Waals surface area contributed by atoms with Crippen LogP contribution in [0.25, 0.3) is 0 Å². The molecule has 0 aliphatic carbocycles. The normalized spacial score (nSPS) is 16.3. The Morgan fingerprint density at radius 3 is 2.71 bits per heavy atom. The van der Waals surface area contributed by atoms with Crippen molar-refractivity contribution in [1.82, 2.24) is 0 Å². The number of carbonyl (C=O) groups excluding carboxylic acids is 2. The van der Waals surface area contributed by atoms with Gasteiger partial charge < -0.3 is 20.1 Å². The zero-order valence-corrected chi connectivity index (χ0v) is 16.1. The molecular weight excluding hydrogens is 356 g/mol. The number of hydrogen-bond acceptors (Lipinski definition) is 4. The van der Waals surface area contributed by atoms with Crippen LogP contribution in [0.3, 0.4) is 0 Å².